The zero-order valence-electron chi connectivity index (χ0n) is 14.9. The highest BCUT2D eigenvalue weighted by atomic mass is 16.5. The molecule has 6 nitrogen and oxygen atoms in total. The number of hydrogen-bond acceptors (Lipinski definition) is 6. The molecule has 0 fully saturated rings. The summed E-state index contributed by atoms with van der Waals surface area (Å²) < 4.78 is 5.43. The number of aromatic hydroxyl groups is 1. The number of methoxy groups -OCH3 is 1. The van der Waals surface area contributed by atoms with Gasteiger partial charge in [-0.2, -0.15) is 0 Å². The number of aryl methyl sites for hydroxylation is 1. The number of fused-ring (bicyclic) bond motifs is 1. The number of hydrogen-bond donors (Lipinski definition) is 2. The topological polar surface area (TPSA) is 80.2 Å². The number of ether oxygens (including phenoxy) is 1. The van der Waals surface area contributed by atoms with Crippen molar-refractivity contribution in [2.24, 2.45) is 0 Å². The molecule has 2 heterocycles. The molecule has 0 saturated carbocycles. The monoisotopic (exact) mass is 338 g/mol. The van der Waals surface area contributed by atoms with Crippen molar-refractivity contribution < 1.29 is 9.84 Å². The first-order valence-corrected chi connectivity index (χ1v) is 8.11. The van der Waals surface area contributed by atoms with Crippen molar-refractivity contribution in [3.8, 4) is 17.0 Å². The lowest BCUT2D eigenvalue weighted by Gasteiger charge is -2.23. The first kappa shape index (κ1) is 17.1. The fourth-order valence-corrected chi connectivity index (χ4v) is 2.54. The SMILES string of the molecule is COC(C)(C)CNc1nnc(-c2ccc(C)cc2O)c2ccncc12. The second-order valence-electron chi connectivity index (χ2n) is 6.66. The van der Waals surface area contributed by atoms with E-state index in [9.17, 15) is 5.11 Å². The Kier molecular flexibility index (Phi) is 4.55. The highest BCUT2D eigenvalue weighted by molar-refractivity contribution is 6.00. The number of phenolic OH excluding ortho intramolecular Hbond substituents is 1. The van der Waals surface area contributed by atoms with Crippen LogP contribution in [0.15, 0.2) is 36.7 Å². The van der Waals surface area contributed by atoms with Crippen LogP contribution in [0.5, 0.6) is 5.75 Å². The number of benzene rings is 1. The molecule has 3 rings (SSSR count). The van der Waals surface area contributed by atoms with E-state index in [0.717, 1.165) is 16.3 Å². The Balaban J connectivity index is 2.07. The standard InChI is InChI=1S/C19H22N4O2/c1-12-5-6-14(16(24)9-12)17-13-7-8-20-10-15(13)18(23-22-17)21-11-19(2,3)25-4/h5-10,24H,11H2,1-4H3,(H,21,23). The van der Waals surface area contributed by atoms with E-state index in [4.69, 9.17) is 4.74 Å². The highest BCUT2D eigenvalue weighted by Gasteiger charge is 2.18. The van der Waals surface area contributed by atoms with Gasteiger partial charge in [0.15, 0.2) is 5.82 Å². The van der Waals surface area contributed by atoms with Gasteiger partial charge in [0.25, 0.3) is 0 Å². The fraction of sp³-hybridized carbons (Fsp3) is 0.316. The van der Waals surface area contributed by atoms with Crippen LogP contribution in [0.3, 0.4) is 0 Å². The van der Waals surface area contributed by atoms with Gasteiger partial charge in [-0.25, -0.2) is 0 Å². The third-order valence-corrected chi connectivity index (χ3v) is 4.22. The molecule has 0 atom stereocenters. The van der Waals surface area contributed by atoms with E-state index >= 15 is 0 Å². The minimum absolute atomic E-state index is 0.189. The van der Waals surface area contributed by atoms with Gasteiger partial charge in [0.05, 0.1) is 5.60 Å². The van der Waals surface area contributed by atoms with Crippen LogP contribution in [0.4, 0.5) is 5.82 Å². The zero-order valence-corrected chi connectivity index (χ0v) is 14.9. The average molecular weight is 338 g/mol. The highest BCUT2D eigenvalue weighted by Crippen LogP contribution is 2.34. The van der Waals surface area contributed by atoms with Crippen LogP contribution in [-0.2, 0) is 4.74 Å². The van der Waals surface area contributed by atoms with Crippen molar-refractivity contribution in [1.82, 2.24) is 15.2 Å². The number of aromatic nitrogens is 3. The molecular formula is C19H22N4O2. The van der Waals surface area contributed by atoms with Crippen molar-refractivity contribution in [1.29, 1.82) is 0 Å². The number of phenols is 1. The maximum Gasteiger partial charge on any atom is 0.158 e. The van der Waals surface area contributed by atoms with Crippen molar-refractivity contribution in [3.63, 3.8) is 0 Å². The van der Waals surface area contributed by atoms with Gasteiger partial charge in [0.2, 0.25) is 0 Å². The molecule has 2 aromatic heterocycles. The third kappa shape index (κ3) is 3.53. The molecule has 0 saturated heterocycles. The number of rotatable bonds is 5. The summed E-state index contributed by atoms with van der Waals surface area (Å²) in [4.78, 5) is 4.21. The van der Waals surface area contributed by atoms with E-state index in [1.54, 1.807) is 25.6 Å². The molecule has 25 heavy (non-hydrogen) atoms. The van der Waals surface area contributed by atoms with E-state index in [1.807, 2.05) is 39.0 Å². The van der Waals surface area contributed by atoms with Gasteiger partial charge in [-0.15, -0.1) is 10.2 Å². The Morgan fingerprint density at radius 3 is 2.68 bits per heavy atom. The summed E-state index contributed by atoms with van der Waals surface area (Å²) >= 11 is 0. The first-order valence-electron chi connectivity index (χ1n) is 8.11. The molecule has 0 bridgehead atoms. The molecule has 130 valence electrons. The van der Waals surface area contributed by atoms with E-state index in [2.05, 4.69) is 20.5 Å². The molecule has 0 aliphatic heterocycles. The molecule has 0 amide bonds. The van der Waals surface area contributed by atoms with Crippen LogP contribution < -0.4 is 5.32 Å². The first-order chi connectivity index (χ1) is 11.9. The van der Waals surface area contributed by atoms with Gasteiger partial charge in [-0.05, 0) is 44.5 Å². The summed E-state index contributed by atoms with van der Waals surface area (Å²) in [5, 5.41) is 24.0. The molecular weight excluding hydrogens is 316 g/mol. The van der Waals surface area contributed by atoms with Crippen LogP contribution in [0, 0.1) is 6.92 Å². The number of nitrogens with one attached hydrogen (secondary N) is 1. The van der Waals surface area contributed by atoms with E-state index < -0.39 is 0 Å². The minimum Gasteiger partial charge on any atom is -0.507 e. The van der Waals surface area contributed by atoms with Crippen molar-refractivity contribution in [3.05, 3.63) is 42.2 Å². The Labute approximate surface area is 146 Å². The van der Waals surface area contributed by atoms with Gasteiger partial charge in [0, 0.05) is 42.4 Å². The maximum absolute atomic E-state index is 10.3. The molecule has 2 N–H and O–H groups in total. The second-order valence-corrected chi connectivity index (χ2v) is 6.66. The largest absolute Gasteiger partial charge is 0.507 e. The lowest BCUT2D eigenvalue weighted by molar-refractivity contribution is 0.0343. The minimum atomic E-state index is -0.329. The number of pyridine rings is 1. The maximum atomic E-state index is 10.3. The Bertz CT molecular complexity index is 909. The third-order valence-electron chi connectivity index (χ3n) is 4.22. The summed E-state index contributed by atoms with van der Waals surface area (Å²) in [5.41, 5.74) is 1.94. The van der Waals surface area contributed by atoms with Crippen molar-refractivity contribution >= 4 is 16.6 Å². The lowest BCUT2D eigenvalue weighted by Crippen LogP contribution is -2.32. The van der Waals surface area contributed by atoms with Crippen molar-refractivity contribution in [2.45, 2.75) is 26.4 Å². The average Bonchev–Trinajstić information content (AvgIpc) is 2.60. The van der Waals surface area contributed by atoms with Gasteiger partial charge in [-0.1, -0.05) is 6.07 Å². The number of anilines is 1. The molecule has 0 spiro atoms. The Morgan fingerprint density at radius 2 is 1.96 bits per heavy atom. The van der Waals surface area contributed by atoms with Crippen molar-refractivity contribution in [2.75, 3.05) is 19.0 Å². The van der Waals surface area contributed by atoms with E-state index in [-0.39, 0.29) is 11.4 Å². The van der Waals surface area contributed by atoms with E-state index in [1.165, 1.54) is 0 Å². The van der Waals surface area contributed by atoms with Gasteiger partial charge in [0.1, 0.15) is 11.4 Å². The van der Waals surface area contributed by atoms with Crippen LogP contribution in [0.1, 0.15) is 19.4 Å². The van der Waals surface area contributed by atoms with Gasteiger partial charge in [-0.3, -0.25) is 4.98 Å². The predicted molar refractivity (Wildman–Crippen MR) is 98.7 cm³/mol. The zero-order chi connectivity index (χ0) is 18.0. The molecule has 3 aromatic rings. The summed E-state index contributed by atoms with van der Waals surface area (Å²) in [6.45, 7) is 6.50. The van der Waals surface area contributed by atoms with Crippen LogP contribution in [0.2, 0.25) is 0 Å². The van der Waals surface area contributed by atoms with Crippen LogP contribution in [0.25, 0.3) is 22.0 Å². The molecule has 1 aromatic carbocycles. The lowest BCUT2D eigenvalue weighted by atomic mass is 10.0. The fourth-order valence-electron chi connectivity index (χ4n) is 2.54. The smallest absolute Gasteiger partial charge is 0.158 e. The molecule has 6 heteroatoms. The molecule has 0 unspecified atom stereocenters. The normalized spacial score (nSPS) is 11.7. The summed E-state index contributed by atoms with van der Waals surface area (Å²) in [7, 11) is 1.68. The van der Waals surface area contributed by atoms with Gasteiger partial charge >= 0.3 is 0 Å². The Morgan fingerprint density at radius 1 is 1.16 bits per heavy atom. The number of nitrogens with zero attached hydrogens (tertiary/aromatic N) is 3. The Hall–Kier alpha value is -2.73. The molecule has 0 radical (unpaired) electrons. The quantitative estimate of drug-likeness (QED) is 0.740. The second kappa shape index (κ2) is 6.64. The predicted octanol–water partition coefficient (Wildman–Crippen LogP) is 3.54. The van der Waals surface area contributed by atoms with Crippen LogP contribution in [-0.4, -0.2) is 39.5 Å². The summed E-state index contributed by atoms with van der Waals surface area (Å²) in [5.74, 6) is 0.831. The van der Waals surface area contributed by atoms with E-state index in [0.29, 0.717) is 23.6 Å². The summed E-state index contributed by atoms with van der Waals surface area (Å²) in [6.07, 6.45) is 3.46. The van der Waals surface area contributed by atoms with Crippen LogP contribution >= 0.6 is 0 Å². The molecule has 0 aliphatic rings. The molecule has 0 aliphatic carbocycles. The summed E-state index contributed by atoms with van der Waals surface area (Å²) in [6, 6.07) is 7.40. The van der Waals surface area contributed by atoms with Gasteiger partial charge < -0.3 is 15.2 Å².